The number of hydrogen-bond acceptors (Lipinski definition) is 7. The average Bonchev–Trinajstić information content (AvgIpc) is 3.26. The first-order valence-electron chi connectivity index (χ1n) is 26.3. The number of nitrogens with zero attached hydrogens (tertiary/aromatic N) is 1. The second kappa shape index (κ2) is 46.8. The number of rotatable bonds is 48. The summed E-state index contributed by atoms with van der Waals surface area (Å²) in [5.74, 6) is -2.00. The molecule has 9 nitrogen and oxygen atoms in total. The van der Waals surface area contributed by atoms with Crippen LogP contribution < -0.4 is 0 Å². The van der Waals surface area contributed by atoms with Gasteiger partial charge in [-0.25, -0.2) is 4.79 Å². The van der Waals surface area contributed by atoms with Crippen LogP contribution in [-0.2, 0) is 33.3 Å². The summed E-state index contributed by atoms with van der Waals surface area (Å²) in [4.78, 5) is 37.2. The third kappa shape index (κ3) is 47.2. The molecule has 0 saturated carbocycles. The van der Waals surface area contributed by atoms with Crippen molar-refractivity contribution in [3.63, 3.8) is 0 Å². The van der Waals surface area contributed by atoms with Crippen LogP contribution in [0.15, 0.2) is 48.6 Å². The Morgan fingerprint density at radius 2 is 0.891 bits per heavy atom. The summed E-state index contributed by atoms with van der Waals surface area (Å²) < 4.78 is 22.8. The van der Waals surface area contributed by atoms with Crippen molar-refractivity contribution in [1.29, 1.82) is 0 Å². The number of unbranched alkanes of at least 4 members (excludes halogenated alkanes) is 25. The number of carbonyl (C=O) groups excluding carboxylic acids is 2. The second-order valence-corrected chi connectivity index (χ2v) is 18.8. The number of allylic oxidation sites excluding steroid dienone is 8. The van der Waals surface area contributed by atoms with Crippen molar-refractivity contribution in [3.8, 4) is 0 Å². The lowest BCUT2D eigenvalue weighted by atomic mass is 10.0. The van der Waals surface area contributed by atoms with Crippen molar-refractivity contribution in [2.45, 2.75) is 238 Å². The van der Waals surface area contributed by atoms with E-state index in [0.29, 0.717) is 17.4 Å². The molecular weight excluding hydrogens is 803 g/mol. The average molecular weight is 903 g/mol. The number of carboxylic acids is 1. The highest BCUT2D eigenvalue weighted by Gasteiger charge is 2.25. The third-order valence-corrected chi connectivity index (χ3v) is 11.3. The highest BCUT2D eigenvalue weighted by atomic mass is 16.7. The second-order valence-electron chi connectivity index (χ2n) is 18.8. The van der Waals surface area contributed by atoms with Crippen LogP contribution in [0, 0.1) is 0 Å². The fraction of sp³-hybridized carbons (Fsp3) is 0.800. The predicted molar refractivity (Wildman–Crippen MR) is 267 cm³/mol. The Balaban J connectivity index is 4.12. The zero-order valence-corrected chi connectivity index (χ0v) is 42.2. The van der Waals surface area contributed by atoms with Crippen molar-refractivity contribution in [2.24, 2.45) is 0 Å². The fourth-order valence-corrected chi connectivity index (χ4v) is 7.30. The molecule has 0 aliphatic carbocycles. The molecule has 0 aliphatic rings. The molecule has 0 aromatic carbocycles. The third-order valence-electron chi connectivity index (χ3n) is 11.3. The van der Waals surface area contributed by atoms with Crippen LogP contribution in [0.5, 0.6) is 0 Å². The topological polar surface area (TPSA) is 108 Å². The van der Waals surface area contributed by atoms with E-state index in [4.69, 9.17) is 18.9 Å². The number of esters is 2. The van der Waals surface area contributed by atoms with Gasteiger partial charge in [-0.1, -0.05) is 210 Å². The minimum absolute atomic E-state index is 0.179. The lowest BCUT2D eigenvalue weighted by Crippen LogP contribution is -2.40. The van der Waals surface area contributed by atoms with Crippen molar-refractivity contribution >= 4 is 17.9 Å². The van der Waals surface area contributed by atoms with Gasteiger partial charge in [0.1, 0.15) is 13.2 Å². The fourth-order valence-electron chi connectivity index (χ4n) is 7.30. The van der Waals surface area contributed by atoms with Gasteiger partial charge >= 0.3 is 17.9 Å². The Kier molecular flexibility index (Phi) is 44.8. The van der Waals surface area contributed by atoms with Gasteiger partial charge in [0.2, 0.25) is 0 Å². The highest BCUT2D eigenvalue weighted by molar-refractivity contribution is 5.71. The molecule has 0 aliphatic heterocycles. The first-order valence-corrected chi connectivity index (χ1v) is 26.3. The molecule has 372 valence electrons. The van der Waals surface area contributed by atoms with Crippen LogP contribution in [0.25, 0.3) is 0 Å². The van der Waals surface area contributed by atoms with Crippen LogP contribution in [0.4, 0.5) is 0 Å². The maximum Gasteiger partial charge on any atom is 0.361 e. The zero-order chi connectivity index (χ0) is 47.0. The van der Waals surface area contributed by atoms with E-state index in [1.165, 1.54) is 135 Å². The van der Waals surface area contributed by atoms with Crippen LogP contribution in [-0.4, -0.2) is 87.4 Å². The van der Waals surface area contributed by atoms with Crippen molar-refractivity contribution in [1.82, 2.24) is 0 Å². The van der Waals surface area contributed by atoms with Gasteiger partial charge in [-0.2, -0.15) is 0 Å². The van der Waals surface area contributed by atoms with E-state index in [2.05, 4.69) is 62.5 Å². The number of quaternary nitrogens is 1. The van der Waals surface area contributed by atoms with E-state index in [0.717, 1.165) is 64.2 Å². The molecule has 0 aromatic heterocycles. The molecular formula is C55H100NO8+. The Morgan fingerprint density at radius 1 is 0.484 bits per heavy atom. The van der Waals surface area contributed by atoms with Gasteiger partial charge < -0.3 is 28.5 Å². The van der Waals surface area contributed by atoms with Gasteiger partial charge in [0.15, 0.2) is 6.10 Å². The maximum atomic E-state index is 12.8. The molecule has 0 aromatic rings. The van der Waals surface area contributed by atoms with Gasteiger partial charge in [-0.05, 0) is 51.4 Å². The maximum absolute atomic E-state index is 12.8. The minimum atomic E-state index is -1.51. The molecule has 0 saturated heterocycles. The quantitative estimate of drug-likeness (QED) is 0.0211. The van der Waals surface area contributed by atoms with Crippen molar-refractivity contribution < 1.29 is 42.9 Å². The molecule has 0 radical (unpaired) electrons. The Hall–Kier alpha value is -2.75. The van der Waals surface area contributed by atoms with E-state index in [-0.39, 0.29) is 32.2 Å². The first kappa shape index (κ1) is 61.2. The van der Waals surface area contributed by atoms with Gasteiger partial charge in [-0.3, -0.25) is 9.59 Å². The van der Waals surface area contributed by atoms with E-state index < -0.39 is 24.3 Å². The number of hydrogen-bond donors (Lipinski definition) is 1. The molecule has 9 heteroatoms. The standard InChI is InChI=1S/C55H99NO8/c1-6-8-10-12-14-16-18-19-20-21-22-23-24-25-26-27-28-29-30-31-32-33-34-35-36-38-40-42-44-46-53(58)64-51(50-63-55(54(59)60)61-48-47-56(3,4)5)49-62-52(57)45-43-41-39-37-17-15-13-11-9-7-2/h8,10,14,16,19-20,22-23,51,55H,6-7,9,11-13,15,17-18,21,24-50H2,1-5H3/p+1/b10-8-,16-14-,20-19-,23-22-. The Labute approximate surface area is 393 Å². The molecule has 64 heavy (non-hydrogen) atoms. The molecule has 0 rings (SSSR count). The van der Waals surface area contributed by atoms with Crippen molar-refractivity contribution in [2.75, 3.05) is 47.5 Å². The summed E-state index contributed by atoms with van der Waals surface area (Å²) in [6, 6.07) is 0. The number of carbonyl (C=O) groups is 3. The van der Waals surface area contributed by atoms with E-state index >= 15 is 0 Å². The summed E-state index contributed by atoms with van der Waals surface area (Å²) in [5, 5.41) is 9.65. The smallest absolute Gasteiger partial charge is 0.361 e. The summed E-state index contributed by atoms with van der Waals surface area (Å²) in [6.07, 6.45) is 53.4. The lowest BCUT2D eigenvalue weighted by molar-refractivity contribution is -0.870. The van der Waals surface area contributed by atoms with Gasteiger partial charge in [0, 0.05) is 12.8 Å². The number of likely N-dealkylation sites (N-methyl/N-ethyl adjacent to an activating group) is 1. The van der Waals surface area contributed by atoms with Gasteiger partial charge in [0.25, 0.3) is 6.29 Å². The van der Waals surface area contributed by atoms with Gasteiger partial charge in [-0.15, -0.1) is 0 Å². The lowest BCUT2D eigenvalue weighted by Gasteiger charge is -2.25. The summed E-state index contributed by atoms with van der Waals surface area (Å²) in [5.41, 5.74) is 0. The van der Waals surface area contributed by atoms with E-state index in [1.807, 2.05) is 21.1 Å². The molecule has 0 amide bonds. The zero-order valence-electron chi connectivity index (χ0n) is 42.2. The minimum Gasteiger partial charge on any atom is -0.477 e. The van der Waals surface area contributed by atoms with Crippen LogP contribution in [0.1, 0.15) is 226 Å². The Morgan fingerprint density at radius 3 is 1.33 bits per heavy atom. The number of carboxylic acid groups (broad SMARTS) is 1. The predicted octanol–water partition coefficient (Wildman–Crippen LogP) is 14.7. The first-order chi connectivity index (χ1) is 31.1. The number of ether oxygens (including phenoxy) is 4. The van der Waals surface area contributed by atoms with Crippen LogP contribution >= 0.6 is 0 Å². The molecule has 0 heterocycles. The van der Waals surface area contributed by atoms with Crippen LogP contribution in [0.2, 0.25) is 0 Å². The summed E-state index contributed by atoms with van der Waals surface area (Å²) in [7, 11) is 5.96. The monoisotopic (exact) mass is 903 g/mol. The molecule has 0 bridgehead atoms. The molecule has 2 atom stereocenters. The molecule has 0 spiro atoms. The summed E-state index contributed by atoms with van der Waals surface area (Å²) in [6.45, 7) is 4.76. The highest BCUT2D eigenvalue weighted by Crippen LogP contribution is 2.16. The van der Waals surface area contributed by atoms with Crippen molar-refractivity contribution in [3.05, 3.63) is 48.6 Å². The van der Waals surface area contributed by atoms with Crippen LogP contribution in [0.3, 0.4) is 0 Å². The largest absolute Gasteiger partial charge is 0.477 e. The molecule has 0 fully saturated rings. The van der Waals surface area contributed by atoms with E-state index in [1.54, 1.807) is 0 Å². The Bertz CT molecular complexity index is 1190. The molecule has 1 N–H and O–H groups in total. The summed E-state index contributed by atoms with van der Waals surface area (Å²) >= 11 is 0. The normalized spacial score (nSPS) is 13.2. The SMILES string of the molecule is CC/C=C\C/C=C\C/C=C\C/C=C\CCCCCCCCCCCCCCCCCCC(=O)OC(COC(=O)CCCCCCCCCCCC)COC(OCC[N+](C)(C)C)C(=O)O. The van der Waals surface area contributed by atoms with Gasteiger partial charge in [0.05, 0.1) is 34.4 Å². The number of aliphatic carboxylic acids is 1. The van der Waals surface area contributed by atoms with E-state index in [9.17, 15) is 19.5 Å². The molecule has 2 unspecified atom stereocenters.